The maximum Gasteiger partial charge on any atom is 0.309 e. The van der Waals surface area contributed by atoms with Crippen LogP contribution in [0.3, 0.4) is 0 Å². The summed E-state index contributed by atoms with van der Waals surface area (Å²) in [6.45, 7) is 10.4. The molecule has 2 heterocycles. The van der Waals surface area contributed by atoms with Crippen LogP contribution in [0, 0.1) is 11.7 Å². The summed E-state index contributed by atoms with van der Waals surface area (Å²) in [5.41, 5.74) is 4.74. The van der Waals surface area contributed by atoms with Gasteiger partial charge in [-0.2, -0.15) is 0 Å². The van der Waals surface area contributed by atoms with E-state index in [9.17, 15) is 19.4 Å². The van der Waals surface area contributed by atoms with Gasteiger partial charge in [0.1, 0.15) is 17.7 Å². The first kappa shape index (κ1) is 28.5. The van der Waals surface area contributed by atoms with E-state index in [1.807, 2.05) is 25.1 Å². The molecule has 0 spiro atoms. The summed E-state index contributed by atoms with van der Waals surface area (Å²) >= 11 is 0. The average Bonchev–Trinajstić information content (AvgIpc) is 2.95. The molecule has 39 heavy (non-hydrogen) atoms. The van der Waals surface area contributed by atoms with Crippen LogP contribution in [-0.4, -0.2) is 45.8 Å². The second-order valence-electron chi connectivity index (χ2n) is 9.90. The van der Waals surface area contributed by atoms with Gasteiger partial charge in [0.15, 0.2) is 0 Å². The van der Waals surface area contributed by atoms with E-state index in [1.165, 1.54) is 13.1 Å². The van der Waals surface area contributed by atoms with Gasteiger partial charge in [0.25, 0.3) is 0 Å². The van der Waals surface area contributed by atoms with Crippen LogP contribution in [0.25, 0.3) is 11.1 Å². The average molecular weight is 537 g/mol. The fourth-order valence-electron chi connectivity index (χ4n) is 4.98. The Morgan fingerprint density at radius 1 is 1.15 bits per heavy atom. The van der Waals surface area contributed by atoms with Crippen LogP contribution in [0.4, 0.5) is 4.39 Å². The van der Waals surface area contributed by atoms with Crippen molar-refractivity contribution < 1.29 is 28.9 Å². The van der Waals surface area contributed by atoms with Gasteiger partial charge in [-0.25, -0.2) is 9.37 Å². The third-order valence-electron chi connectivity index (χ3n) is 7.44. The first-order chi connectivity index (χ1) is 18.7. The SMILES string of the molecule is CCOc1cc(-c2ccc(C3CCc4ccc([C@H](O)[C@H](C)C(=O)O)cc4O3)cc2CN(CC)CC)c(F)cn1. The lowest BCUT2D eigenvalue weighted by atomic mass is 9.91. The summed E-state index contributed by atoms with van der Waals surface area (Å²) in [4.78, 5) is 17.7. The first-order valence-electron chi connectivity index (χ1n) is 13.6. The number of hydrogen-bond donors (Lipinski definition) is 2. The fraction of sp³-hybridized carbons (Fsp3) is 0.419. The summed E-state index contributed by atoms with van der Waals surface area (Å²) in [6.07, 6.45) is 1.40. The quantitative estimate of drug-likeness (QED) is 0.313. The van der Waals surface area contributed by atoms with Gasteiger partial charge in [-0.15, -0.1) is 0 Å². The molecule has 4 rings (SSSR count). The van der Waals surface area contributed by atoms with Crippen molar-refractivity contribution in [2.75, 3.05) is 19.7 Å². The lowest BCUT2D eigenvalue weighted by Gasteiger charge is -2.29. The van der Waals surface area contributed by atoms with E-state index in [-0.39, 0.29) is 6.10 Å². The van der Waals surface area contributed by atoms with Crippen LogP contribution in [0.15, 0.2) is 48.7 Å². The van der Waals surface area contributed by atoms with Gasteiger partial charge in [-0.1, -0.05) is 44.2 Å². The lowest BCUT2D eigenvalue weighted by molar-refractivity contribution is -0.145. The molecule has 1 aromatic heterocycles. The molecule has 0 fully saturated rings. The first-order valence-corrected chi connectivity index (χ1v) is 13.6. The third kappa shape index (κ3) is 6.40. The highest BCUT2D eigenvalue weighted by Gasteiger charge is 2.27. The van der Waals surface area contributed by atoms with Crippen LogP contribution in [0.1, 0.15) is 68.6 Å². The van der Waals surface area contributed by atoms with Crippen LogP contribution in [0.5, 0.6) is 11.6 Å². The summed E-state index contributed by atoms with van der Waals surface area (Å²) in [6, 6.07) is 13.1. The molecular formula is C31H37FN2O5. The van der Waals surface area contributed by atoms with E-state index in [2.05, 4.69) is 29.8 Å². The lowest BCUT2D eigenvalue weighted by Crippen LogP contribution is -2.23. The van der Waals surface area contributed by atoms with Crippen LogP contribution < -0.4 is 9.47 Å². The van der Waals surface area contributed by atoms with Crippen molar-refractivity contribution in [3.63, 3.8) is 0 Å². The number of halogens is 1. The number of aliphatic hydroxyl groups excluding tert-OH is 1. The van der Waals surface area contributed by atoms with Crippen molar-refractivity contribution in [3.05, 3.63) is 76.7 Å². The van der Waals surface area contributed by atoms with Crippen molar-refractivity contribution in [2.45, 2.75) is 59.3 Å². The highest BCUT2D eigenvalue weighted by molar-refractivity contribution is 5.71. The zero-order chi connectivity index (χ0) is 28.1. The van der Waals surface area contributed by atoms with E-state index >= 15 is 0 Å². The predicted molar refractivity (Wildman–Crippen MR) is 147 cm³/mol. The zero-order valence-corrected chi connectivity index (χ0v) is 23.0. The number of rotatable bonds is 11. The van der Waals surface area contributed by atoms with E-state index in [0.29, 0.717) is 35.9 Å². The molecule has 2 aromatic carbocycles. The molecule has 0 saturated carbocycles. The van der Waals surface area contributed by atoms with Crippen molar-refractivity contribution in [2.24, 2.45) is 5.92 Å². The van der Waals surface area contributed by atoms with Crippen molar-refractivity contribution in [1.82, 2.24) is 9.88 Å². The molecule has 1 aliphatic rings. The number of pyridine rings is 1. The molecule has 208 valence electrons. The van der Waals surface area contributed by atoms with Gasteiger partial charge in [-0.3, -0.25) is 9.69 Å². The molecule has 2 N–H and O–H groups in total. The molecular weight excluding hydrogens is 499 g/mol. The third-order valence-corrected chi connectivity index (χ3v) is 7.44. The standard InChI is InChI=1S/C31H37FN2O5/c1-5-34(6-2)18-23-14-21(10-12-24(23)25-16-29(38-7-3)33-17-26(25)32)27-13-11-20-8-9-22(15-28(20)39-27)30(35)19(4)31(36)37/h8-10,12,14-17,19,27,30,35H,5-7,11,13,18H2,1-4H3,(H,36,37)/t19-,27?,30+/m0/s1. The summed E-state index contributed by atoms with van der Waals surface area (Å²) in [7, 11) is 0. The maximum absolute atomic E-state index is 15.0. The molecule has 3 aromatic rings. The zero-order valence-electron chi connectivity index (χ0n) is 23.0. The number of aromatic nitrogens is 1. The van der Waals surface area contributed by atoms with Gasteiger partial charge >= 0.3 is 5.97 Å². The van der Waals surface area contributed by atoms with Crippen molar-refractivity contribution in [3.8, 4) is 22.8 Å². The van der Waals surface area contributed by atoms with E-state index in [1.54, 1.807) is 18.2 Å². The molecule has 0 bridgehead atoms. The maximum atomic E-state index is 15.0. The van der Waals surface area contributed by atoms with Crippen LogP contribution in [-0.2, 0) is 17.8 Å². The van der Waals surface area contributed by atoms with Gasteiger partial charge in [0.05, 0.1) is 24.8 Å². The number of nitrogens with zero attached hydrogens (tertiary/aromatic N) is 2. The highest BCUT2D eigenvalue weighted by atomic mass is 19.1. The number of hydrogen-bond acceptors (Lipinski definition) is 6. The predicted octanol–water partition coefficient (Wildman–Crippen LogP) is 5.95. The highest BCUT2D eigenvalue weighted by Crippen LogP contribution is 2.39. The second-order valence-corrected chi connectivity index (χ2v) is 9.90. The smallest absolute Gasteiger partial charge is 0.309 e. The Morgan fingerprint density at radius 3 is 2.62 bits per heavy atom. The number of benzene rings is 2. The minimum Gasteiger partial charge on any atom is -0.485 e. The monoisotopic (exact) mass is 536 g/mol. The molecule has 1 unspecified atom stereocenters. The summed E-state index contributed by atoms with van der Waals surface area (Å²) < 4.78 is 26.9. The molecule has 1 aliphatic heterocycles. The number of carboxylic acids is 1. The number of aliphatic carboxylic acids is 1. The normalized spacial score (nSPS) is 16.3. The van der Waals surface area contributed by atoms with Crippen LogP contribution in [0.2, 0.25) is 0 Å². The minimum atomic E-state index is -1.13. The number of carboxylic acid groups (broad SMARTS) is 1. The molecule has 0 amide bonds. The Bertz CT molecular complexity index is 1310. The Kier molecular flexibility index (Phi) is 9.20. The second kappa shape index (κ2) is 12.6. The van der Waals surface area contributed by atoms with Gasteiger partial charge in [0.2, 0.25) is 5.88 Å². The molecule has 0 saturated heterocycles. The molecule has 3 atom stereocenters. The summed E-state index contributed by atoms with van der Waals surface area (Å²) in [5.74, 6) is -1.37. The summed E-state index contributed by atoms with van der Waals surface area (Å²) in [5, 5.41) is 19.8. The van der Waals surface area contributed by atoms with Gasteiger partial charge < -0.3 is 19.7 Å². The van der Waals surface area contributed by atoms with E-state index in [0.717, 1.165) is 48.2 Å². The van der Waals surface area contributed by atoms with Crippen LogP contribution >= 0.6 is 0 Å². The topological polar surface area (TPSA) is 92.1 Å². The van der Waals surface area contributed by atoms with E-state index < -0.39 is 23.8 Å². The number of ether oxygens (including phenoxy) is 2. The Balaban J connectivity index is 1.68. The van der Waals surface area contributed by atoms with Gasteiger partial charge in [-0.05, 0) is 73.7 Å². The number of fused-ring (bicyclic) bond motifs is 1. The molecule has 7 nitrogen and oxygen atoms in total. The molecule has 0 radical (unpaired) electrons. The van der Waals surface area contributed by atoms with Crippen molar-refractivity contribution >= 4 is 5.97 Å². The number of carbonyl (C=O) groups is 1. The fourth-order valence-corrected chi connectivity index (χ4v) is 4.98. The Hall–Kier alpha value is -3.49. The van der Waals surface area contributed by atoms with Crippen molar-refractivity contribution in [1.29, 1.82) is 0 Å². The largest absolute Gasteiger partial charge is 0.485 e. The Morgan fingerprint density at radius 2 is 1.92 bits per heavy atom. The minimum absolute atomic E-state index is 0.229. The van der Waals surface area contributed by atoms with Gasteiger partial charge in [0, 0.05) is 18.2 Å². The van der Waals surface area contributed by atoms with E-state index in [4.69, 9.17) is 9.47 Å². The Labute approximate surface area is 229 Å². The number of aliphatic hydroxyl groups is 1. The number of aryl methyl sites for hydroxylation is 1. The molecule has 8 heteroatoms. The molecule has 0 aliphatic carbocycles.